The molecule has 1 aromatic carbocycles. The highest BCUT2D eigenvalue weighted by Crippen LogP contribution is 2.24. The summed E-state index contributed by atoms with van der Waals surface area (Å²) in [5, 5.41) is 17.8. The summed E-state index contributed by atoms with van der Waals surface area (Å²) in [5.74, 6) is 0. The maximum Gasteiger partial charge on any atom is 0.315 e. The van der Waals surface area contributed by atoms with Gasteiger partial charge < -0.3 is 20.5 Å². The SMILES string of the molecule is CCOCc1ccc(CNC(=O)NCC(C)(O)c2cccs2)cc1. The van der Waals surface area contributed by atoms with E-state index in [9.17, 15) is 9.90 Å². The number of carbonyl (C=O) groups excluding carboxylic acids is 1. The summed E-state index contributed by atoms with van der Waals surface area (Å²) >= 11 is 1.47. The van der Waals surface area contributed by atoms with Crippen LogP contribution in [-0.4, -0.2) is 24.3 Å². The van der Waals surface area contributed by atoms with Crippen LogP contribution in [0.15, 0.2) is 41.8 Å². The minimum Gasteiger partial charge on any atom is -0.383 e. The number of hydrogen-bond donors (Lipinski definition) is 3. The number of carbonyl (C=O) groups is 1. The minimum absolute atomic E-state index is 0.159. The van der Waals surface area contributed by atoms with Gasteiger partial charge in [-0.1, -0.05) is 30.3 Å². The van der Waals surface area contributed by atoms with Gasteiger partial charge in [0.2, 0.25) is 0 Å². The Hall–Kier alpha value is -1.89. The van der Waals surface area contributed by atoms with Gasteiger partial charge in [0.25, 0.3) is 0 Å². The van der Waals surface area contributed by atoms with E-state index in [0.717, 1.165) is 16.0 Å². The lowest BCUT2D eigenvalue weighted by Crippen LogP contribution is -2.42. The smallest absolute Gasteiger partial charge is 0.315 e. The molecule has 1 aromatic heterocycles. The Labute approximate surface area is 146 Å². The Morgan fingerprint density at radius 3 is 2.54 bits per heavy atom. The third kappa shape index (κ3) is 5.63. The third-order valence-electron chi connectivity index (χ3n) is 3.59. The molecule has 0 saturated carbocycles. The number of nitrogens with one attached hydrogen (secondary N) is 2. The molecule has 5 nitrogen and oxygen atoms in total. The second kappa shape index (κ2) is 8.82. The molecule has 0 aliphatic heterocycles. The van der Waals surface area contributed by atoms with Crippen LogP contribution in [0.25, 0.3) is 0 Å². The first-order chi connectivity index (χ1) is 11.5. The minimum atomic E-state index is -1.06. The van der Waals surface area contributed by atoms with Gasteiger partial charge in [0.05, 0.1) is 13.2 Å². The molecule has 130 valence electrons. The van der Waals surface area contributed by atoms with Crippen LogP contribution in [0.2, 0.25) is 0 Å². The molecule has 24 heavy (non-hydrogen) atoms. The number of ether oxygens (including phenoxy) is 1. The van der Waals surface area contributed by atoms with Crippen molar-refractivity contribution in [3.8, 4) is 0 Å². The zero-order valence-electron chi connectivity index (χ0n) is 14.0. The maximum absolute atomic E-state index is 11.9. The second-order valence-electron chi connectivity index (χ2n) is 5.74. The van der Waals surface area contributed by atoms with Crippen molar-refractivity contribution in [3.63, 3.8) is 0 Å². The van der Waals surface area contributed by atoms with Crippen molar-refractivity contribution in [2.75, 3.05) is 13.2 Å². The van der Waals surface area contributed by atoms with Crippen LogP contribution < -0.4 is 10.6 Å². The quantitative estimate of drug-likeness (QED) is 0.687. The summed E-state index contributed by atoms with van der Waals surface area (Å²) < 4.78 is 5.35. The number of amides is 2. The number of thiophene rings is 1. The van der Waals surface area contributed by atoms with E-state index in [1.54, 1.807) is 6.92 Å². The molecule has 1 atom stereocenters. The zero-order chi connectivity index (χ0) is 17.4. The van der Waals surface area contributed by atoms with Crippen LogP contribution in [0.5, 0.6) is 0 Å². The van der Waals surface area contributed by atoms with Crippen LogP contribution in [0, 0.1) is 0 Å². The predicted molar refractivity (Wildman–Crippen MR) is 95.9 cm³/mol. The molecule has 1 heterocycles. The van der Waals surface area contributed by atoms with Crippen molar-refractivity contribution < 1.29 is 14.6 Å². The van der Waals surface area contributed by atoms with Gasteiger partial charge in [-0.3, -0.25) is 0 Å². The van der Waals surface area contributed by atoms with Gasteiger partial charge >= 0.3 is 6.03 Å². The fourth-order valence-electron chi connectivity index (χ4n) is 2.14. The van der Waals surface area contributed by atoms with Crippen molar-refractivity contribution >= 4 is 17.4 Å². The monoisotopic (exact) mass is 348 g/mol. The number of aliphatic hydroxyl groups is 1. The molecule has 2 amide bonds. The molecule has 2 aromatic rings. The molecule has 0 aliphatic rings. The average Bonchev–Trinajstić information content (AvgIpc) is 3.13. The van der Waals surface area contributed by atoms with Crippen molar-refractivity contribution in [2.45, 2.75) is 32.6 Å². The van der Waals surface area contributed by atoms with Crippen LogP contribution in [0.4, 0.5) is 4.79 Å². The standard InChI is InChI=1S/C18H24N2O3S/c1-3-23-12-15-8-6-14(7-9-15)11-19-17(21)20-13-18(2,22)16-5-4-10-24-16/h4-10,22H,3,11-13H2,1-2H3,(H2,19,20,21). The molecular weight excluding hydrogens is 324 g/mol. The van der Waals surface area contributed by atoms with E-state index in [2.05, 4.69) is 10.6 Å². The number of rotatable bonds is 8. The number of hydrogen-bond acceptors (Lipinski definition) is 4. The fourth-order valence-corrected chi connectivity index (χ4v) is 2.93. The van der Waals surface area contributed by atoms with E-state index >= 15 is 0 Å². The molecule has 0 aliphatic carbocycles. The molecule has 0 saturated heterocycles. The van der Waals surface area contributed by atoms with E-state index in [1.165, 1.54) is 11.3 Å². The Morgan fingerprint density at radius 1 is 1.21 bits per heavy atom. The topological polar surface area (TPSA) is 70.6 Å². The molecule has 2 rings (SSSR count). The third-order valence-corrected chi connectivity index (χ3v) is 4.72. The van der Waals surface area contributed by atoms with E-state index < -0.39 is 5.60 Å². The zero-order valence-corrected chi connectivity index (χ0v) is 14.9. The molecule has 0 bridgehead atoms. The Balaban J connectivity index is 1.75. The normalized spacial score (nSPS) is 13.3. The molecule has 0 spiro atoms. The van der Waals surface area contributed by atoms with Gasteiger partial charge in [-0.25, -0.2) is 4.79 Å². The van der Waals surface area contributed by atoms with E-state index in [1.807, 2.05) is 48.7 Å². The Kier molecular flexibility index (Phi) is 6.78. The van der Waals surface area contributed by atoms with Gasteiger partial charge in [0.1, 0.15) is 5.60 Å². The summed E-state index contributed by atoms with van der Waals surface area (Å²) in [5.41, 5.74) is 1.05. The van der Waals surface area contributed by atoms with Crippen LogP contribution >= 0.6 is 11.3 Å². The van der Waals surface area contributed by atoms with Gasteiger partial charge in [-0.15, -0.1) is 11.3 Å². The number of urea groups is 1. The molecular formula is C18H24N2O3S. The van der Waals surface area contributed by atoms with Gasteiger partial charge in [-0.2, -0.15) is 0 Å². The van der Waals surface area contributed by atoms with Crippen molar-refractivity contribution in [1.29, 1.82) is 0 Å². The highest BCUT2D eigenvalue weighted by atomic mass is 32.1. The maximum atomic E-state index is 11.9. The van der Waals surface area contributed by atoms with Gasteiger partial charge in [0.15, 0.2) is 0 Å². The summed E-state index contributed by atoms with van der Waals surface area (Å²) in [6, 6.07) is 11.4. The fraction of sp³-hybridized carbons (Fsp3) is 0.389. The van der Waals surface area contributed by atoms with Crippen molar-refractivity contribution in [2.24, 2.45) is 0 Å². The summed E-state index contributed by atoms with van der Waals surface area (Å²) in [4.78, 5) is 12.7. The molecule has 1 unspecified atom stereocenters. The highest BCUT2D eigenvalue weighted by molar-refractivity contribution is 7.10. The summed E-state index contributed by atoms with van der Waals surface area (Å²) in [7, 11) is 0. The Morgan fingerprint density at radius 2 is 1.92 bits per heavy atom. The first kappa shape index (κ1) is 18.4. The van der Waals surface area contributed by atoms with Crippen LogP contribution in [0.3, 0.4) is 0 Å². The molecule has 6 heteroatoms. The van der Waals surface area contributed by atoms with Crippen molar-refractivity contribution in [1.82, 2.24) is 10.6 Å². The predicted octanol–water partition coefficient (Wildman–Crippen LogP) is 2.99. The summed E-state index contributed by atoms with van der Waals surface area (Å²) in [6.45, 7) is 5.54. The van der Waals surface area contributed by atoms with Crippen LogP contribution in [0.1, 0.15) is 29.9 Å². The second-order valence-corrected chi connectivity index (χ2v) is 6.69. The van der Waals surface area contributed by atoms with E-state index in [0.29, 0.717) is 19.8 Å². The van der Waals surface area contributed by atoms with E-state index in [-0.39, 0.29) is 12.6 Å². The molecule has 0 fully saturated rings. The lowest BCUT2D eigenvalue weighted by molar-refractivity contribution is 0.0631. The molecule has 3 N–H and O–H groups in total. The largest absolute Gasteiger partial charge is 0.383 e. The van der Waals surface area contributed by atoms with Crippen molar-refractivity contribution in [3.05, 3.63) is 57.8 Å². The average molecular weight is 348 g/mol. The lowest BCUT2D eigenvalue weighted by atomic mass is 10.1. The highest BCUT2D eigenvalue weighted by Gasteiger charge is 2.24. The summed E-state index contributed by atoms with van der Waals surface area (Å²) in [6.07, 6.45) is 0. The first-order valence-electron chi connectivity index (χ1n) is 7.95. The molecule has 0 radical (unpaired) electrons. The van der Waals surface area contributed by atoms with Gasteiger partial charge in [0, 0.05) is 18.0 Å². The first-order valence-corrected chi connectivity index (χ1v) is 8.83. The van der Waals surface area contributed by atoms with Gasteiger partial charge in [-0.05, 0) is 36.4 Å². The number of benzene rings is 1. The van der Waals surface area contributed by atoms with Crippen LogP contribution in [-0.2, 0) is 23.5 Å². The van der Waals surface area contributed by atoms with E-state index in [4.69, 9.17) is 4.74 Å². The Bertz CT molecular complexity index is 624. The lowest BCUT2D eigenvalue weighted by Gasteiger charge is -2.22.